The highest BCUT2D eigenvalue weighted by Crippen LogP contribution is 2.19. The monoisotopic (exact) mass is 478 g/mol. The molecule has 0 heterocycles. The van der Waals surface area contributed by atoms with Gasteiger partial charge in [0, 0.05) is 13.2 Å². The molecule has 0 saturated carbocycles. The van der Waals surface area contributed by atoms with Crippen molar-refractivity contribution < 1.29 is 28.4 Å². The van der Waals surface area contributed by atoms with Crippen LogP contribution in [0.15, 0.2) is 37.4 Å². The van der Waals surface area contributed by atoms with Crippen LogP contribution in [0.3, 0.4) is 0 Å². The Morgan fingerprint density at radius 3 is 1.29 bits per heavy atom. The van der Waals surface area contributed by atoms with Crippen LogP contribution in [0.2, 0.25) is 0 Å². The van der Waals surface area contributed by atoms with E-state index >= 15 is 0 Å². The molecule has 0 spiro atoms. The minimum absolute atomic E-state index is 0.461. The van der Waals surface area contributed by atoms with E-state index in [-0.39, 0.29) is 0 Å². The Hall–Kier alpha value is -1.54. The van der Waals surface area contributed by atoms with Gasteiger partial charge in [0.1, 0.15) is 0 Å². The quantitative estimate of drug-likeness (QED) is 0.185. The van der Waals surface area contributed by atoms with Gasteiger partial charge in [-0.25, -0.2) is 0 Å². The minimum Gasteiger partial charge on any atom is -0.379 e. The Morgan fingerprint density at radius 2 is 0.912 bits per heavy atom. The topological polar surface area (TPSA) is 55.4 Å². The highest BCUT2D eigenvalue weighted by atomic mass is 16.5. The molecule has 0 atom stereocenters. The summed E-state index contributed by atoms with van der Waals surface area (Å²) in [6, 6.07) is 8.14. The molecule has 1 rings (SSSR count). The summed E-state index contributed by atoms with van der Waals surface area (Å²) in [5.41, 5.74) is 3.92. The van der Waals surface area contributed by atoms with E-state index in [9.17, 15) is 0 Å². The summed E-state index contributed by atoms with van der Waals surface area (Å²) in [6.07, 6.45) is 4.48. The van der Waals surface area contributed by atoms with Crippen LogP contribution in [0.1, 0.15) is 50.7 Å². The van der Waals surface area contributed by atoms with E-state index in [0.717, 1.165) is 61.2 Å². The Bertz CT molecular complexity index is 594. The summed E-state index contributed by atoms with van der Waals surface area (Å²) in [7, 11) is 0. The molecule has 6 nitrogen and oxygen atoms in total. The summed E-state index contributed by atoms with van der Waals surface area (Å²) in [5.74, 6) is 0. The minimum atomic E-state index is 0.461. The summed E-state index contributed by atoms with van der Waals surface area (Å²) in [5, 5.41) is 0. The normalized spacial score (nSPS) is 11.1. The number of unbranched alkanes of at least 4 members (excludes halogenated alkanes) is 2. The number of hydrogen-bond acceptors (Lipinski definition) is 6. The van der Waals surface area contributed by atoms with Gasteiger partial charge in [0.2, 0.25) is 0 Å². The van der Waals surface area contributed by atoms with Gasteiger partial charge in [0.05, 0.1) is 66.1 Å². The molecule has 0 aliphatic carbocycles. The van der Waals surface area contributed by atoms with Crippen LogP contribution in [0.25, 0.3) is 11.1 Å². The zero-order valence-corrected chi connectivity index (χ0v) is 21.5. The van der Waals surface area contributed by atoms with Gasteiger partial charge in [-0.3, -0.25) is 0 Å². The maximum Gasteiger partial charge on any atom is 0.0718 e. The summed E-state index contributed by atoms with van der Waals surface area (Å²) >= 11 is 0. The van der Waals surface area contributed by atoms with Crippen LogP contribution < -0.4 is 0 Å². The van der Waals surface area contributed by atoms with Gasteiger partial charge >= 0.3 is 0 Å². The van der Waals surface area contributed by atoms with Crippen molar-refractivity contribution >= 4 is 11.1 Å². The average Bonchev–Trinajstić information content (AvgIpc) is 2.86. The third-order valence-corrected chi connectivity index (χ3v) is 5.00. The molecule has 0 unspecified atom stereocenters. The van der Waals surface area contributed by atoms with Crippen molar-refractivity contribution in [3.8, 4) is 0 Å². The number of hydrogen-bond donors (Lipinski definition) is 0. The zero-order valence-electron chi connectivity index (χ0n) is 21.5. The average molecular weight is 479 g/mol. The van der Waals surface area contributed by atoms with Crippen LogP contribution in [0.4, 0.5) is 0 Å². The molecule has 1 aromatic carbocycles. The first-order valence-electron chi connectivity index (χ1n) is 12.6. The van der Waals surface area contributed by atoms with Crippen molar-refractivity contribution in [1.29, 1.82) is 0 Å². The van der Waals surface area contributed by atoms with Crippen LogP contribution in [0, 0.1) is 0 Å². The molecule has 0 aliphatic rings. The van der Waals surface area contributed by atoms with Crippen molar-refractivity contribution in [2.45, 2.75) is 39.5 Å². The van der Waals surface area contributed by atoms with E-state index in [1.54, 1.807) is 0 Å². The molecule has 34 heavy (non-hydrogen) atoms. The van der Waals surface area contributed by atoms with Crippen LogP contribution >= 0.6 is 0 Å². The smallest absolute Gasteiger partial charge is 0.0718 e. The van der Waals surface area contributed by atoms with Gasteiger partial charge in [0.25, 0.3) is 0 Å². The molecule has 0 radical (unpaired) electrons. The lowest BCUT2D eigenvalue weighted by Crippen LogP contribution is -2.11. The Morgan fingerprint density at radius 1 is 0.559 bits per heavy atom. The molecule has 1 aromatic rings. The molecular weight excluding hydrogens is 432 g/mol. The maximum atomic E-state index is 5.70. The maximum absolute atomic E-state index is 5.70. The van der Waals surface area contributed by atoms with E-state index in [1.165, 1.54) is 0 Å². The zero-order chi connectivity index (χ0) is 24.7. The van der Waals surface area contributed by atoms with Crippen LogP contribution in [-0.4, -0.2) is 79.3 Å². The molecule has 194 valence electrons. The second-order valence-electron chi connectivity index (χ2n) is 8.05. The van der Waals surface area contributed by atoms with Crippen LogP contribution in [0.5, 0.6) is 0 Å². The van der Waals surface area contributed by atoms with Crippen LogP contribution in [-0.2, 0) is 28.4 Å². The van der Waals surface area contributed by atoms with E-state index in [1.807, 2.05) is 18.2 Å². The van der Waals surface area contributed by atoms with Crippen molar-refractivity contribution in [2.24, 2.45) is 0 Å². The second-order valence-corrected chi connectivity index (χ2v) is 8.05. The van der Waals surface area contributed by atoms with E-state index in [4.69, 9.17) is 28.4 Å². The SMILES string of the molecule is C=C(COCCOCCOCCCC)c1cccc(C(=C)COCCOCCOCCCC)c1. The molecule has 0 bridgehead atoms. The third-order valence-electron chi connectivity index (χ3n) is 5.00. The van der Waals surface area contributed by atoms with Gasteiger partial charge in [-0.2, -0.15) is 0 Å². The number of ether oxygens (including phenoxy) is 6. The largest absolute Gasteiger partial charge is 0.379 e. The highest BCUT2D eigenvalue weighted by molar-refractivity contribution is 5.71. The second kappa shape index (κ2) is 22.0. The molecule has 0 fully saturated rings. The van der Waals surface area contributed by atoms with Gasteiger partial charge in [-0.1, -0.05) is 58.0 Å². The molecule has 6 heteroatoms. The lowest BCUT2D eigenvalue weighted by atomic mass is 10.0. The Balaban J connectivity index is 2.13. The fourth-order valence-electron chi connectivity index (χ4n) is 2.89. The van der Waals surface area contributed by atoms with Crippen molar-refractivity contribution in [3.63, 3.8) is 0 Å². The molecule has 0 N–H and O–H groups in total. The first-order chi connectivity index (χ1) is 16.7. The molecule has 0 saturated heterocycles. The lowest BCUT2D eigenvalue weighted by Gasteiger charge is -2.12. The van der Waals surface area contributed by atoms with Gasteiger partial charge < -0.3 is 28.4 Å². The fourth-order valence-corrected chi connectivity index (χ4v) is 2.89. The summed E-state index contributed by atoms with van der Waals surface area (Å²) < 4.78 is 33.4. The van der Waals surface area contributed by atoms with Crippen molar-refractivity contribution in [1.82, 2.24) is 0 Å². The third kappa shape index (κ3) is 16.1. The summed E-state index contributed by atoms with van der Waals surface area (Å²) in [4.78, 5) is 0. The fraction of sp³-hybridized carbons (Fsp3) is 0.643. The molecule has 0 amide bonds. The number of benzene rings is 1. The highest BCUT2D eigenvalue weighted by Gasteiger charge is 2.05. The molecule has 0 aromatic heterocycles. The van der Waals surface area contributed by atoms with E-state index in [0.29, 0.717) is 66.1 Å². The predicted molar refractivity (Wildman–Crippen MR) is 139 cm³/mol. The number of rotatable bonds is 24. The van der Waals surface area contributed by atoms with Gasteiger partial charge in [-0.15, -0.1) is 0 Å². The van der Waals surface area contributed by atoms with E-state index < -0.39 is 0 Å². The van der Waals surface area contributed by atoms with Crippen molar-refractivity contribution in [2.75, 3.05) is 79.3 Å². The van der Waals surface area contributed by atoms with Gasteiger partial charge in [-0.05, 0) is 41.2 Å². The Kier molecular flexibility index (Phi) is 19.7. The first-order valence-corrected chi connectivity index (χ1v) is 12.6. The predicted octanol–water partition coefficient (Wildman–Crippen LogP) is 5.41. The lowest BCUT2D eigenvalue weighted by molar-refractivity contribution is 0.0197. The van der Waals surface area contributed by atoms with Gasteiger partial charge in [0.15, 0.2) is 0 Å². The van der Waals surface area contributed by atoms with Crippen molar-refractivity contribution in [3.05, 3.63) is 48.6 Å². The molecular formula is C28H46O6. The van der Waals surface area contributed by atoms with E-state index in [2.05, 4.69) is 33.1 Å². The Labute approximate surface area is 207 Å². The summed E-state index contributed by atoms with van der Waals surface area (Å²) in [6.45, 7) is 19.8. The standard InChI is InChI=1S/C28H46O6/c1-5-7-12-29-14-16-31-18-20-33-23-25(3)27-10-9-11-28(22-27)26(4)24-34-21-19-32-17-15-30-13-8-6-2/h9-11,22H,3-8,12-21,23-24H2,1-2H3. The molecule has 0 aliphatic heterocycles. The first kappa shape index (κ1) is 30.5.